The summed E-state index contributed by atoms with van der Waals surface area (Å²) in [6, 6.07) is 9.76. The Hall–Kier alpha value is -3.09. The molecule has 1 aliphatic rings. The monoisotopic (exact) mass is 368 g/mol. The van der Waals surface area contributed by atoms with Gasteiger partial charge in [0.15, 0.2) is 0 Å². The van der Waals surface area contributed by atoms with Crippen LogP contribution in [0.5, 0.6) is 0 Å². The zero-order chi connectivity index (χ0) is 19.4. The molecule has 1 aromatic carbocycles. The Morgan fingerprint density at radius 1 is 1.30 bits per heavy atom. The Kier molecular flexibility index (Phi) is 5.30. The summed E-state index contributed by atoms with van der Waals surface area (Å²) in [5.74, 6) is 0. The summed E-state index contributed by atoms with van der Waals surface area (Å²) in [7, 11) is 0. The summed E-state index contributed by atoms with van der Waals surface area (Å²) >= 11 is 0. The smallest absolute Gasteiger partial charge is 0.411 e. The van der Waals surface area contributed by atoms with Crippen LogP contribution < -0.4 is 0 Å². The first-order chi connectivity index (χ1) is 12.9. The maximum Gasteiger partial charge on any atom is 0.411 e. The second-order valence-corrected chi connectivity index (χ2v) is 7.21. The van der Waals surface area contributed by atoms with Crippen molar-refractivity contribution in [1.82, 2.24) is 14.7 Å². The lowest BCUT2D eigenvalue weighted by atomic mass is 10.1. The van der Waals surface area contributed by atoms with E-state index in [1.165, 1.54) is 0 Å². The number of nitrogens with zero attached hydrogens (tertiary/aromatic N) is 4. The van der Waals surface area contributed by atoms with Gasteiger partial charge in [-0.3, -0.25) is 4.90 Å². The molecule has 0 saturated heterocycles. The molecule has 0 atom stereocenters. The normalized spacial score (nSPS) is 15.4. The minimum atomic E-state index is -0.576. The second-order valence-electron chi connectivity index (χ2n) is 7.21. The molecule has 0 spiro atoms. The Morgan fingerprint density at radius 2 is 2.04 bits per heavy atom. The van der Waals surface area contributed by atoms with Crippen LogP contribution in [0, 0.1) is 0 Å². The van der Waals surface area contributed by atoms with E-state index in [0.29, 0.717) is 18.8 Å². The first-order valence-corrected chi connectivity index (χ1v) is 8.79. The van der Waals surface area contributed by atoms with Gasteiger partial charge in [0.05, 0.1) is 30.7 Å². The number of para-hydroxylation sites is 1. The SMILES string of the molecule is C=CCON=C1CN(C(=O)OC(C)(C)C)Cc2c1cnn2-c1ccccc1. The van der Waals surface area contributed by atoms with Gasteiger partial charge >= 0.3 is 6.09 Å². The highest BCUT2D eigenvalue weighted by molar-refractivity contribution is 6.04. The van der Waals surface area contributed by atoms with E-state index in [1.54, 1.807) is 17.2 Å². The quantitative estimate of drug-likeness (QED) is 0.470. The van der Waals surface area contributed by atoms with Crippen molar-refractivity contribution in [3.05, 3.63) is 60.4 Å². The van der Waals surface area contributed by atoms with E-state index >= 15 is 0 Å². The van der Waals surface area contributed by atoms with E-state index in [2.05, 4.69) is 16.8 Å². The van der Waals surface area contributed by atoms with Gasteiger partial charge in [-0.2, -0.15) is 5.10 Å². The van der Waals surface area contributed by atoms with Crippen LogP contribution in [-0.2, 0) is 16.1 Å². The molecule has 7 nitrogen and oxygen atoms in total. The van der Waals surface area contributed by atoms with Gasteiger partial charge in [-0.1, -0.05) is 36.0 Å². The molecule has 1 aromatic heterocycles. The number of rotatable bonds is 4. The zero-order valence-corrected chi connectivity index (χ0v) is 15.9. The molecule has 27 heavy (non-hydrogen) atoms. The summed E-state index contributed by atoms with van der Waals surface area (Å²) in [6.45, 7) is 10.1. The minimum Gasteiger partial charge on any atom is -0.444 e. The van der Waals surface area contributed by atoms with Crippen molar-refractivity contribution in [3.8, 4) is 5.69 Å². The molecule has 0 saturated carbocycles. The van der Waals surface area contributed by atoms with Gasteiger partial charge in [0.1, 0.15) is 17.9 Å². The number of fused-ring (bicyclic) bond motifs is 1. The lowest BCUT2D eigenvalue weighted by Gasteiger charge is -2.30. The summed E-state index contributed by atoms with van der Waals surface area (Å²) in [5, 5.41) is 8.69. The Morgan fingerprint density at radius 3 is 2.70 bits per heavy atom. The number of ether oxygens (including phenoxy) is 1. The van der Waals surface area contributed by atoms with Crippen LogP contribution in [0.4, 0.5) is 4.79 Å². The van der Waals surface area contributed by atoms with Gasteiger partial charge in [0, 0.05) is 5.56 Å². The van der Waals surface area contributed by atoms with Gasteiger partial charge in [-0.15, -0.1) is 0 Å². The minimum absolute atomic E-state index is 0.290. The van der Waals surface area contributed by atoms with Gasteiger partial charge in [-0.25, -0.2) is 9.48 Å². The third kappa shape index (κ3) is 4.36. The molecule has 142 valence electrons. The van der Waals surface area contributed by atoms with E-state index in [0.717, 1.165) is 16.9 Å². The predicted octanol–water partition coefficient (Wildman–Crippen LogP) is 3.53. The molecule has 7 heteroatoms. The van der Waals surface area contributed by atoms with Gasteiger partial charge in [-0.05, 0) is 32.9 Å². The van der Waals surface area contributed by atoms with Crippen molar-refractivity contribution < 1.29 is 14.4 Å². The van der Waals surface area contributed by atoms with Crippen molar-refractivity contribution in [2.24, 2.45) is 5.16 Å². The van der Waals surface area contributed by atoms with E-state index in [4.69, 9.17) is 9.57 Å². The van der Waals surface area contributed by atoms with Gasteiger partial charge in [0.2, 0.25) is 0 Å². The summed E-state index contributed by atoms with van der Waals surface area (Å²) < 4.78 is 7.35. The third-order valence-electron chi connectivity index (χ3n) is 3.88. The van der Waals surface area contributed by atoms with E-state index in [9.17, 15) is 4.79 Å². The third-order valence-corrected chi connectivity index (χ3v) is 3.88. The molecule has 3 rings (SSSR count). The molecule has 1 aliphatic heterocycles. The van der Waals surface area contributed by atoms with Crippen LogP contribution in [-0.4, -0.2) is 45.2 Å². The van der Waals surface area contributed by atoms with Gasteiger partial charge in [0.25, 0.3) is 0 Å². The first-order valence-electron chi connectivity index (χ1n) is 8.79. The molecule has 2 heterocycles. The number of hydrogen-bond acceptors (Lipinski definition) is 5. The van der Waals surface area contributed by atoms with Crippen molar-refractivity contribution in [2.75, 3.05) is 13.2 Å². The molecular formula is C20H24N4O3. The fourth-order valence-corrected chi connectivity index (χ4v) is 2.76. The number of hydrogen-bond donors (Lipinski definition) is 0. The van der Waals surface area contributed by atoms with Crippen LogP contribution in [0.3, 0.4) is 0 Å². The highest BCUT2D eigenvalue weighted by Gasteiger charge is 2.32. The van der Waals surface area contributed by atoms with Crippen molar-refractivity contribution in [1.29, 1.82) is 0 Å². The number of aromatic nitrogens is 2. The number of carbonyl (C=O) groups excluding carboxylic acids is 1. The molecule has 0 bridgehead atoms. The van der Waals surface area contributed by atoms with Crippen LogP contribution in [0.15, 0.2) is 54.3 Å². The fraction of sp³-hybridized carbons (Fsp3) is 0.350. The molecular weight excluding hydrogens is 344 g/mol. The highest BCUT2D eigenvalue weighted by Crippen LogP contribution is 2.24. The zero-order valence-electron chi connectivity index (χ0n) is 15.9. The van der Waals surface area contributed by atoms with Crippen molar-refractivity contribution >= 4 is 11.8 Å². The number of benzene rings is 1. The second kappa shape index (κ2) is 7.65. The van der Waals surface area contributed by atoms with Gasteiger partial charge < -0.3 is 9.57 Å². The van der Waals surface area contributed by atoms with Crippen molar-refractivity contribution in [2.45, 2.75) is 32.9 Å². The molecule has 2 aromatic rings. The summed E-state index contributed by atoms with van der Waals surface area (Å²) in [4.78, 5) is 19.5. The Balaban J connectivity index is 1.97. The maximum atomic E-state index is 12.6. The highest BCUT2D eigenvalue weighted by atomic mass is 16.6. The fourth-order valence-electron chi connectivity index (χ4n) is 2.76. The molecule has 0 aliphatic carbocycles. The predicted molar refractivity (Wildman–Crippen MR) is 103 cm³/mol. The van der Waals surface area contributed by atoms with E-state index in [-0.39, 0.29) is 6.61 Å². The van der Waals surface area contributed by atoms with E-state index < -0.39 is 11.7 Å². The number of oxime groups is 1. The topological polar surface area (TPSA) is 68.9 Å². The van der Waals surface area contributed by atoms with Crippen LogP contribution >= 0.6 is 0 Å². The molecule has 0 N–H and O–H groups in total. The number of carbonyl (C=O) groups is 1. The average Bonchev–Trinajstić information content (AvgIpc) is 3.05. The lowest BCUT2D eigenvalue weighted by Crippen LogP contribution is -2.43. The first kappa shape index (κ1) is 18.7. The Labute approximate surface area is 158 Å². The Bertz CT molecular complexity index is 850. The molecule has 0 radical (unpaired) electrons. The van der Waals surface area contributed by atoms with Crippen LogP contribution in [0.25, 0.3) is 5.69 Å². The summed E-state index contributed by atoms with van der Waals surface area (Å²) in [6.07, 6.45) is 2.97. The lowest BCUT2D eigenvalue weighted by molar-refractivity contribution is 0.0254. The van der Waals surface area contributed by atoms with Crippen molar-refractivity contribution in [3.63, 3.8) is 0 Å². The molecule has 0 fully saturated rings. The standard InChI is InChI=1S/C20H24N4O3/c1-5-11-26-22-17-13-23(19(25)27-20(2,3)4)14-18-16(17)12-21-24(18)15-9-7-6-8-10-15/h5-10,12H,1,11,13-14H2,2-4H3. The van der Waals surface area contributed by atoms with Crippen LogP contribution in [0.2, 0.25) is 0 Å². The average molecular weight is 368 g/mol. The molecule has 1 amide bonds. The number of amides is 1. The van der Waals surface area contributed by atoms with E-state index in [1.807, 2.05) is 55.8 Å². The summed E-state index contributed by atoms with van der Waals surface area (Å²) in [5.41, 5.74) is 2.69. The largest absolute Gasteiger partial charge is 0.444 e. The van der Waals surface area contributed by atoms with Crippen LogP contribution in [0.1, 0.15) is 32.0 Å². The maximum absolute atomic E-state index is 12.6. The molecule has 0 unspecified atom stereocenters.